The third-order valence-corrected chi connectivity index (χ3v) is 4.76. The number of aromatic nitrogens is 2. The Morgan fingerprint density at radius 3 is 2.30 bits per heavy atom. The van der Waals surface area contributed by atoms with Crippen LogP contribution in [0, 0.1) is 25.7 Å². The first-order valence-corrected chi connectivity index (χ1v) is 8.12. The van der Waals surface area contributed by atoms with E-state index in [1.807, 2.05) is 0 Å². The van der Waals surface area contributed by atoms with Crippen LogP contribution in [0.2, 0.25) is 0 Å². The van der Waals surface area contributed by atoms with E-state index in [9.17, 15) is 0 Å². The van der Waals surface area contributed by atoms with Gasteiger partial charge in [-0.15, -0.1) is 0 Å². The molecule has 0 radical (unpaired) electrons. The maximum atomic E-state index is 4.78. The zero-order valence-electron chi connectivity index (χ0n) is 13.2. The first-order valence-electron chi connectivity index (χ1n) is 8.12. The van der Waals surface area contributed by atoms with Gasteiger partial charge in [0.15, 0.2) is 0 Å². The highest BCUT2D eigenvalue weighted by Crippen LogP contribution is 2.45. The zero-order valence-corrected chi connectivity index (χ0v) is 13.2. The number of aryl methyl sites for hydroxylation is 2. The smallest absolute Gasteiger partial charge is 0.132 e. The lowest BCUT2D eigenvalue weighted by molar-refractivity contribution is 0.505. The molecule has 0 spiro atoms. The van der Waals surface area contributed by atoms with E-state index >= 15 is 0 Å². The normalized spacial score (nSPS) is 26.6. The van der Waals surface area contributed by atoms with Gasteiger partial charge in [-0.05, 0) is 63.5 Å². The molecule has 3 nitrogen and oxygen atoms in total. The van der Waals surface area contributed by atoms with Crippen molar-refractivity contribution in [3.63, 3.8) is 0 Å². The Labute approximate surface area is 122 Å². The monoisotopic (exact) mass is 273 g/mol. The lowest BCUT2D eigenvalue weighted by Gasteiger charge is -2.16. The van der Waals surface area contributed by atoms with Gasteiger partial charge in [-0.25, -0.2) is 9.97 Å². The van der Waals surface area contributed by atoms with Gasteiger partial charge in [0.25, 0.3) is 0 Å². The number of rotatable bonds is 6. The van der Waals surface area contributed by atoms with Crippen molar-refractivity contribution in [1.82, 2.24) is 15.3 Å². The summed E-state index contributed by atoms with van der Waals surface area (Å²) in [6, 6.07) is 0.801. The first kappa shape index (κ1) is 14.0. The van der Waals surface area contributed by atoms with Crippen LogP contribution >= 0.6 is 0 Å². The van der Waals surface area contributed by atoms with E-state index in [1.165, 1.54) is 36.2 Å². The van der Waals surface area contributed by atoms with Crippen molar-refractivity contribution in [2.24, 2.45) is 11.8 Å². The van der Waals surface area contributed by atoms with E-state index in [2.05, 4.69) is 33.0 Å². The largest absolute Gasteiger partial charge is 0.314 e. The van der Waals surface area contributed by atoms with Crippen molar-refractivity contribution in [2.45, 2.75) is 65.3 Å². The van der Waals surface area contributed by atoms with E-state index in [-0.39, 0.29) is 0 Å². The molecule has 3 heteroatoms. The van der Waals surface area contributed by atoms with Crippen LogP contribution in [0.1, 0.15) is 61.8 Å². The second-order valence-corrected chi connectivity index (χ2v) is 7.04. The topological polar surface area (TPSA) is 37.8 Å². The van der Waals surface area contributed by atoms with Gasteiger partial charge < -0.3 is 5.32 Å². The summed E-state index contributed by atoms with van der Waals surface area (Å²) >= 11 is 0. The van der Waals surface area contributed by atoms with Gasteiger partial charge >= 0.3 is 0 Å². The average molecular weight is 273 g/mol. The van der Waals surface area contributed by atoms with E-state index in [4.69, 9.17) is 9.97 Å². The second kappa shape index (κ2) is 5.44. The quantitative estimate of drug-likeness (QED) is 0.865. The van der Waals surface area contributed by atoms with Crippen LogP contribution in [-0.4, -0.2) is 22.6 Å². The lowest BCUT2D eigenvalue weighted by Crippen LogP contribution is -2.25. The molecule has 1 aromatic heterocycles. The molecule has 1 N–H and O–H groups in total. The summed E-state index contributed by atoms with van der Waals surface area (Å²) in [4.78, 5) is 9.55. The second-order valence-electron chi connectivity index (χ2n) is 7.04. The first-order chi connectivity index (χ1) is 9.54. The van der Waals surface area contributed by atoms with Crippen LogP contribution < -0.4 is 5.32 Å². The van der Waals surface area contributed by atoms with Crippen LogP contribution in [0.5, 0.6) is 0 Å². The van der Waals surface area contributed by atoms with Crippen molar-refractivity contribution < 1.29 is 0 Å². The van der Waals surface area contributed by atoms with E-state index < -0.39 is 0 Å². The lowest BCUT2D eigenvalue weighted by atomic mass is 9.98. The predicted molar refractivity (Wildman–Crippen MR) is 81.9 cm³/mol. The molecule has 0 saturated heterocycles. The van der Waals surface area contributed by atoms with Crippen molar-refractivity contribution in [3.05, 3.63) is 22.8 Å². The van der Waals surface area contributed by atoms with Gasteiger partial charge in [0.05, 0.1) is 0 Å². The van der Waals surface area contributed by atoms with Crippen LogP contribution in [0.4, 0.5) is 0 Å². The molecule has 1 heterocycles. The summed E-state index contributed by atoms with van der Waals surface area (Å²) in [6.07, 6.45) is 5.09. The Morgan fingerprint density at radius 2 is 1.80 bits per heavy atom. The summed E-state index contributed by atoms with van der Waals surface area (Å²) in [5.41, 5.74) is 3.77. The zero-order chi connectivity index (χ0) is 14.3. The summed E-state index contributed by atoms with van der Waals surface area (Å²) in [5, 5.41) is 3.62. The number of hydrogen-bond acceptors (Lipinski definition) is 3. The van der Waals surface area contributed by atoms with Crippen molar-refractivity contribution in [2.75, 3.05) is 6.54 Å². The molecule has 0 aliphatic heterocycles. The standard InChI is InChI=1S/C17H27N3/c1-10(9-18-14-5-6-14)7-16-12(3)19-17(20-13(16)4)15-8-11(15)2/h10-11,14-15,18H,5-9H2,1-4H3. The Kier molecular flexibility index (Phi) is 3.80. The molecule has 0 bridgehead atoms. The molecule has 2 aliphatic carbocycles. The highest BCUT2D eigenvalue weighted by molar-refractivity contribution is 5.27. The van der Waals surface area contributed by atoms with Crippen LogP contribution in [0.15, 0.2) is 0 Å². The molecule has 110 valence electrons. The SMILES string of the molecule is Cc1nc(C2CC2C)nc(C)c1CC(C)CNC1CC1. The fraction of sp³-hybridized carbons (Fsp3) is 0.765. The average Bonchev–Trinajstić information content (AvgIpc) is 3.27. The Bertz CT molecular complexity index is 470. The van der Waals surface area contributed by atoms with Gasteiger partial charge in [0.1, 0.15) is 5.82 Å². The van der Waals surface area contributed by atoms with Crippen LogP contribution in [0.3, 0.4) is 0 Å². The maximum Gasteiger partial charge on any atom is 0.132 e. The number of hydrogen-bond donors (Lipinski definition) is 1. The van der Waals surface area contributed by atoms with Crippen LogP contribution in [-0.2, 0) is 6.42 Å². The number of nitrogens with one attached hydrogen (secondary N) is 1. The van der Waals surface area contributed by atoms with Crippen LogP contribution in [0.25, 0.3) is 0 Å². The molecule has 1 aromatic rings. The molecule has 0 amide bonds. The fourth-order valence-electron chi connectivity index (χ4n) is 2.98. The van der Waals surface area contributed by atoms with E-state index in [0.29, 0.717) is 11.8 Å². The Morgan fingerprint density at radius 1 is 1.20 bits per heavy atom. The molecule has 2 aliphatic rings. The van der Waals surface area contributed by atoms with Crippen molar-refractivity contribution in [3.8, 4) is 0 Å². The minimum absolute atomic E-state index is 0.621. The van der Waals surface area contributed by atoms with Gasteiger partial charge in [0.2, 0.25) is 0 Å². The minimum Gasteiger partial charge on any atom is -0.314 e. The molecule has 2 fully saturated rings. The molecule has 20 heavy (non-hydrogen) atoms. The molecule has 2 saturated carbocycles. The molecule has 3 unspecified atom stereocenters. The summed E-state index contributed by atoms with van der Waals surface area (Å²) in [6.45, 7) is 10.0. The Hall–Kier alpha value is -0.960. The van der Waals surface area contributed by atoms with Gasteiger partial charge in [-0.1, -0.05) is 13.8 Å². The molecular formula is C17H27N3. The van der Waals surface area contributed by atoms with E-state index in [0.717, 1.165) is 30.7 Å². The summed E-state index contributed by atoms with van der Waals surface area (Å²) in [5.74, 6) is 3.14. The number of nitrogens with zero attached hydrogens (tertiary/aromatic N) is 2. The molecule has 3 atom stereocenters. The highest BCUT2D eigenvalue weighted by atomic mass is 14.9. The third-order valence-electron chi connectivity index (χ3n) is 4.76. The molecule has 0 aromatic carbocycles. The van der Waals surface area contributed by atoms with Crippen molar-refractivity contribution in [1.29, 1.82) is 0 Å². The molecular weight excluding hydrogens is 246 g/mol. The van der Waals surface area contributed by atoms with Gasteiger partial charge in [-0.2, -0.15) is 0 Å². The minimum atomic E-state index is 0.621. The third kappa shape index (κ3) is 3.20. The van der Waals surface area contributed by atoms with Gasteiger partial charge in [0, 0.05) is 23.3 Å². The fourth-order valence-corrected chi connectivity index (χ4v) is 2.98. The Balaban J connectivity index is 1.65. The van der Waals surface area contributed by atoms with E-state index in [1.54, 1.807) is 0 Å². The highest BCUT2D eigenvalue weighted by Gasteiger charge is 2.37. The summed E-state index contributed by atoms with van der Waals surface area (Å²) < 4.78 is 0. The predicted octanol–water partition coefficient (Wildman–Crippen LogP) is 3.15. The maximum absolute atomic E-state index is 4.78. The summed E-state index contributed by atoms with van der Waals surface area (Å²) in [7, 11) is 0. The van der Waals surface area contributed by atoms with Gasteiger partial charge in [-0.3, -0.25) is 0 Å². The molecule has 3 rings (SSSR count). The van der Waals surface area contributed by atoms with Crippen molar-refractivity contribution >= 4 is 0 Å².